The van der Waals surface area contributed by atoms with E-state index in [1.54, 1.807) is 25.1 Å². The Morgan fingerprint density at radius 3 is 2.69 bits per heavy atom. The van der Waals surface area contributed by atoms with Gasteiger partial charge in [-0.05, 0) is 93.6 Å². The van der Waals surface area contributed by atoms with Gasteiger partial charge in [0.2, 0.25) is 0 Å². The van der Waals surface area contributed by atoms with Gasteiger partial charge in [-0.1, -0.05) is 12.1 Å². The van der Waals surface area contributed by atoms with Crippen LogP contribution in [0.15, 0.2) is 46.4 Å². The average Bonchev–Trinajstić information content (AvgIpc) is 2.72. The van der Waals surface area contributed by atoms with Gasteiger partial charge in [-0.25, -0.2) is 14.1 Å². The fourth-order valence-electron chi connectivity index (χ4n) is 2.81. The minimum Gasteiger partial charge on any atom is -0.480 e. The molecule has 11 heteroatoms. The average molecular weight is 633 g/mol. The normalized spacial score (nSPS) is 15.1. The second-order valence-electron chi connectivity index (χ2n) is 6.32. The van der Waals surface area contributed by atoms with E-state index in [-0.39, 0.29) is 29.6 Å². The Morgan fingerprint density at radius 2 is 2.03 bits per heavy atom. The molecule has 0 spiro atoms. The number of nitrogens with zero attached hydrogens (tertiary/aromatic N) is 1. The lowest BCUT2D eigenvalue weighted by atomic mass is 10.1. The van der Waals surface area contributed by atoms with Crippen molar-refractivity contribution in [3.63, 3.8) is 0 Å². The van der Waals surface area contributed by atoms with E-state index in [4.69, 9.17) is 21.7 Å². The van der Waals surface area contributed by atoms with Crippen LogP contribution in [0.1, 0.15) is 12.5 Å². The van der Waals surface area contributed by atoms with Gasteiger partial charge in [0.25, 0.3) is 11.8 Å². The van der Waals surface area contributed by atoms with E-state index in [0.29, 0.717) is 19.4 Å². The second kappa shape index (κ2) is 10.5. The molecule has 0 aliphatic carbocycles. The number of carbonyl (C=O) groups excluding carboxylic acids is 3. The molecule has 1 fully saturated rings. The smallest absolute Gasteiger partial charge is 0.344 e. The molecule has 32 heavy (non-hydrogen) atoms. The molecule has 1 aliphatic heterocycles. The van der Waals surface area contributed by atoms with Crippen LogP contribution in [0, 0.1) is 9.39 Å². The number of benzene rings is 2. The molecule has 2 amide bonds. The molecule has 1 heterocycles. The first-order chi connectivity index (χ1) is 15.2. The third-order valence-electron chi connectivity index (χ3n) is 4.17. The maximum Gasteiger partial charge on any atom is 0.344 e. The number of para-hydroxylation sites is 1. The van der Waals surface area contributed by atoms with Crippen LogP contribution in [0.3, 0.4) is 0 Å². The van der Waals surface area contributed by atoms with E-state index < -0.39 is 23.6 Å². The van der Waals surface area contributed by atoms with E-state index in [2.05, 4.69) is 21.2 Å². The Bertz CT molecular complexity index is 1130. The number of hydrogen-bond donors (Lipinski definition) is 1. The molecule has 0 bridgehead atoms. The zero-order chi connectivity index (χ0) is 23.4. The number of ether oxygens (including phenoxy) is 2. The number of rotatable bonds is 6. The SMILES string of the molecule is CCOC(=O)COc1c(Br)cc(/C=C2\C(=O)NC(=S)N(c3ccccc3F)C2=O)cc1I. The summed E-state index contributed by atoms with van der Waals surface area (Å²) in [5.74, 6) is -2.19. The zero-order valence-electron chi connectivity index (χ0n) is 16.5. The van der Waals surface area contributed by atoms with E-state index in [0.717, 1.165) is 4.90 Å². The summed E-state index contributed by atoms with van der Waals surface area (Å²) >= 11 is 10.5. The Labute approximate surface area is 210 Å². The highest BCUT2D eigenvalue weighted by atomic mass is 127. The Hall–Kier alpha value is -2.38. The minimum absolute atomic E-state index is 0.0631. The van der Waals surface area contributed by atoms with Gasteiger partial charge >= 0.3 is 5.97 Å². The third kappa shape index (κ3) is 5.33. The largest absolute Gasteiger partial charge is 0.480 e. The van der Waals surface area contributed by atoms with Crippen LogP contribution in [0.25, 0.3) is 6.08 Å². The Morgan fingerprint density at radius 1 is 1.31 bits per heavy atom. The molecule has 0 saturated carbocycles. The van der Waals surface area contributed by atoms with Crippen molar-refractivity contribution in [3.05, 3.63) is 61.4 Å². The molecule has 1 aliphatic rings. The van der Waals surface area contributed by atoms with Crippen LogP contribution in [-0.4, -0.2) is 36.1 Å². The summed E-state index contributed by atoms with van der Waals surface area (Å²) < 4.78 is 25.7. The Kier molecular flexibility index (Phi) is 7.96. The van der Waals surface area contributed by atoms with Crippen molar-refractivity contribution in [2.24, 2.45) is 0 Å². The number of anilines is 1. The number of nitrogens with one attached hydrogen (secondary N) is 1. The quantitative estimate of drug-likeness (QED) is 0.171. The standard InChI is InChI=1S/C21H15BrFIN2O5S/c1-2-30-17(27)10-31-18-13(22)8-11(9-15(18)24)7-12-19(28)25-21(32)26(20(12)29)16-6-4-3-5-14(16)23/h3-9H,2,10H2,1H3,(H,25,28,32)/b12-7+. The summed E-state index contributed by atoms with van der Waals surface area (Å²) in [6.07, 6.45) is 1.37. The molecule has 2 aromatic carbocycles. The van der Waals surface area contributed by atoms with Crippen LogP contribution in [0.2, 0.25) is 0 Å². The lowest BCUT2D eigenvalue weighted by molar-refractivity contribution is -0.145. The van der Waals surface area contributed by atoms with Crippen molar-refractivity contribution in [1.82, 2.24) is 5.32 Å². The van der Waals surface area contributed by atoms with Gasteiger partial charge in [0.1, 0.15) is 17.1 Å². The number of carbonyl (C=O) groups is 3. The fraction of sp³-hybridized carbons (Fsp3) is 0.143. The predicted molar refractivity (Wildman–Crippen MR) is 132 cm³/mol. The molecule has 2 aromatic rings. The van der Waals surface area contributed by atoms with Crippen LogP contribution < -0.4 is 15.0 Å². The van der Waals surface area contributed by atoms with E-state index in [9.17, 15) is 18.8 Å². The second-order valence-corrected chi connectivity index (χ2v) is 8.72. The van der Waals surface area contributed by atoms with Crippen LogP contribution in [0.4, 0.5) is 10.1 Å². The van der Waals surface area contributed by atoms with Gasteiger partial charge in [-0.15, -0.1) is 0 Å². The van der Waals surface area contributed by atoms with Crippen molar-refractivity contribution < 1.29 is 28.2 Å². The first-order valence-corrected chi connectivity index (χ1v) is 11.4. The highest BCUT2D eigenvalue weighted by Gasteiger charge is 2.35. The predicted octanol–water partition coefficient (Wildman–Crippen LogP) is 3.97. The van der Waals surface area contributed by atoms with Crippen molar-refractivity contribution in [2.45, 2.75) is 6.92 Å². The molecule has 1 N–H and O–H groups in total. The minimum atomic E-state index is -0.752. The highest BCUT2D eigenvalue weighted by Crippen LogP contribution is 2.33. The summed E-state index contributed by atoms with van der Waals surface area (Å²) in [6, 6.07) is 8.92. The van der Waals surface area contributed by atoms with Gasteiger partial charge in [0.15, 0.2) is 11.7 Å². The Balaban J connectivity index is 1.92. The summed E-state index contributed by atoms with van der Waals surface area (Å²) in [4.78, 5) is 38.0. The van der Waals surface area contributed by atoms with Crippen molar-refractivity contribution in [1.29, 1.82) is 0 Å². The van der Waals surface area contributed by atoms with Gasteiger partial charge in [0, 0.05) is 0 Å². The molecular weight excluding hydrogens is 618 g/mol. The molecule has 3 rings (SSSR count). The molecule has 1 saturated heterocycles. The molecule has 0 unspecified atom stereocenters. The van der Waals surface area contributed by atoms with Crippen LogP contribution >= 0.6 is 50.7 Å². The first kappa shape index (κ1) is 24.3. The van der Waals surface area contributed by atoms with Gasteiger partial charge in [-0.2, -0.15) is 0 Å². The van der Waals surface area contributed by atoms with Crippen molar-refractivity contribution >= 4 is 85.4 Å². The zero-order valence-corrected chi connectivity index (χ0v) is 21.0. The molecule has 0 radical (unpaired) electrons. The summed E-state index contributed by atoms with van der Waals surface area (Å²) in [5.41, 5.74) is 0.223. The number of hydrogen-bond acceptors (Lipinski definition) is 6. The van der Waals surface area contributed by atoms with Crippen molar-refractivity contribution in [2.75, 3.05) is 18.1 Å². The summed E-state index contributed by atoms with van der Waals surface area (Å²) in [6.45, 7) is 1.68. The maximum atomic E-state index is 14.3. The lowest BCUT2D eigenvalue weighted by Crippen LogP contribution is -2.54. The van der Waals surface area contributed by atoms with E-state index in [1.165, 1.54) is 24.3 Å². The monoisotopic (exact) mass is 632 g/mol. The fourth-order valence-corrected chi connectivity index (χ4v) is 4.85. The van der Waals surface area contributed by atoms with Gasteiger partial charge < -0.3 is 9.47 Å². The molecule has 7 nitrogen and oxygen atoms in total. The number of thiocarbonyl (C=S) groups is 1. The van der Waals surface area contributed by atoms with Gasteiger partial charge in [0.05, 0.1) is 20.3 Å². The van der Waals surface area contributed by atoms with Gasteiger partial charge in [-0.3, -0.25) is 14.9 Å². The van der Waals surface area contributed by atoms with Crippen LogP contribution in [0.5, 0.6) is 5.75 Å². The first-order valence-electron chi connectivity index (χ1n) is 9.16. The molecular formula is C21H15BrFIN2O5S. The lowest BCUT2D eigenvalue weighted by Gasteiger charge is -2.29. The summed E-state index contributed by atoms with van der Waals surface area (Å²) in [7, 11) is 0. The number of amides is 2. The highest BCUT2D eigenvalue weighted by molar-refractivity contribution is 14.1. The third-order valence-corrected chi connectivity index (χ3v) is 5.84. The number of halogens is 3. The molecule has 166 valence electrons. The molecule has 0 aromatic heterocycles. The molecule has 0 atom stereocenters. The number of esters is 1. The van der Waals surface area contributed by atoms with Crippen LogP contribution in [-0.2, 0) is 19.1 Å². The summed E-state index contributed by atoms with van der Waals surface area (Å²) in [5, 5.41) is 2.21. The van der Waals surface area contributed by atoms with E-state index in [1.807, 2.05) is 22.6 Å². The van der Waals surface area contributed by atoms with E-state index >= 15 is 0 Å². The van der Waals surface area contributed by atoms with Crippen molar-refractivity contribution in [3.8, 4) is 5.75 Å². The topological polar surface area (TPSA) is 84.9 Å². The maximum absolute atomic E-state index is 14.3.